The van der Waals surface area contributed by atoms with E-state index in [0.717, 1.165) is 12.2 Å². The molecule has 1 N–H and O–H groups in total. The number of hydroxylamine groups is 2. The zero-order chi connectivity index (χ0) is 17.4. The average Bonchev–Trinajstić information content (AvgIpc) is 2.58. The molecule has 124 valence electrons. The fraction of sp³-hybridized carbons (Fsp3) is 0.267. The smallest absolute Gasteiger partial charge is 0.373 e. The standard InChI is InChI=1S/C15H17NO7/c1-21-14(19)11-6-4-10(5-7-11)9-16(23-3)13(18)8-12(17)15(20)22-2/h4-8,17H,9H2,1-3H3/b12-8+. The molecule has 8 nitrogen and oxygen atoms in total. The number of esters is 2. The number of aliphatic hydroxyl groups excluding tert-OH is 1. The van der Waals surface area contributed by atoms with Crippen LogP contribution in [0.1, 0.15) is 15.9 Å². The van der Waals surface area contributed by atoms with Gasteiger partial charge in [0.05, 0.1) is 39.5 Å². The van der Waals surface area contributed by atoms with Crippen LogP contribution < -0.4 is 0 Å². The molecule has 1 rings (SSSR count). The Kier molecular flexibility index (Phi) is 6.75. The first-order valence-corrected chi connectivity index (χ1v) is 6.44. The quantitative estimate of drug-likeness (QED) is 0.360. The van der Waals surface area contributed by atoms with Gasteiger partial charge in [-0.3, -0.25) is 9.63 Å². The number of ether oxygens (including phenoxy) is 2. The van der Waals surface area contributed by atoms with Gasteiger partial charge in [0.15, 0.2) is 0 Å². The van der Waals surface area contributed by atoms with Crippen LogP contribution in [0.5, 0.6) is 0 Å². The second kappa shape index (κ2) is 8.54. The molecule has 0 aliphatic heterocycles. The summed E-state index contributed by atoms with van der Waals surface area (Å²) < 4.78 is 8.86. The van der Waals surface area contributed by atoms with Crippen LogP contribution in [0.15, 0.2) is 36.1 Å². The van der Waals surface area contributed by atoms with Crippen molar-refractivity contribution >= 4 is 17.8 Å². The Morgan fingerprint density at radius 3 is 2.17 bits per heavy atom. The highest BCUT2D eigenvalue weighted by atomic mass is 16.7. The van der Waals surface area contributed by atoms with Crippen molar-refractivity contribution in [1.29, 1.82) is 0 Å². The van der Waals surface area contributed by atoms with Crippen molar-refractivity contribution in [2.24, 2.45) is 0 Å². The number of aliphatic hydroxyl groups is 1. The Labute approximate surface area is 132 Å². The minimum Gasteiger partial charge on any atom is -0.502 e. The third-order valence-electron chi connectivity index (χ3n) is 2.82. The van der Waals surface area contributed by atoms with E-state index in [1.807, 2.05) is 0 Å². The highest BCUT2D eigenvalue weighted by molar-refractivity contribution is 5.96. The Hall–Kier alpha value is -2.87. The average molecular weight is 323 g/mol. The van der Waals surface area contributed by atoms with Gasteiger partial charge in [0.25, 0.3) is 5.91 Å². The number of hydrogen-bond acceptors (Lipinski definition) is 7. The van der Waals surface area contributed by atoms with E-state index in [1.165, 1.54) is 14.2 Å². The van der Waals surface area contributed by atoms with Crippen LogP contribution in [-0.2, 0) is 30.4 Å². The summed E-state index contributed by atoms with van der Waals surface area (Å²) in [5.41, 5.74) is 1.04. The Balaban J connectivity index is 2.81. The lowest BCUT2D eigenvalue weighted by Crippen LogP contribution is -2.28. The highest BCUT2D eigenvalue weighted by Gasteiger charge is 2.16. The molecule has 0 unspecified atom stereocenters. The van der Waals surface area contributed by atoms with Crippen molar-refractivity contribution in [3.63, 3.8) is 0 Å². The molecule has 0 heterocycles. The lowest BCUT2D eigenvalue weighted by atomic mass is 10.1. The zero-order valence-electron chi connectivity index (χ0n) is 12.9. The zero-order valence-corrected chi connectivity index (χ0v) is 12.9. The first kappa shape index (κ1) is 18.2. The molecule has 0 radical (unpaired) electrons. The van der Waals surface area contributed by atoms with E-state index in [0.29, 0.717) is 17.2 Å². The number of carbonyl (C=O) groups excluding carboxylic acids is 3. The number of nitrogens with zero attached hydrogens (tertiary/aromatic N) is 1. The lowest BCUT2D eigenvalue weighted by molar-refractivity contribution is -0.173. The van der Waals surface area contributed by atoms with Crippen molar-refractivity contribution < 1.29 is 33.8 Å². The van der Waals surface area contributed by atoms with Crippen LogP contribution in [0.2, 0.25) is 0 Å². The van der Waals surface area contributed by atoms with Gasteiger partial charge in [-0.25, -0.2) is 14.7 Å². The molecule has 0 fully saturated rings. The molecule has 0 aliphatic carbocycles. The van der Waals surface area contributed by atoms with Crippen LogP contribution in [0, 0.1) is 0 Å². The van der Waals surface area contributed by atoms with Crippen molar-refractivity contribution in [3.05, 3.63) is 47.2 Å². The minimum absolute atomic E-state index is 0.0434. The number of hydrogen-bond donors (Lipinski definition) is 1. The summed E-state index contributed by atoms with van der Waals surface area (Å²) in [6.07, 6.45) is 0.693. The number of amides is 1. The molecule has 0 aliphatic rings. The summed E-state index contributed by atoms with van der Waals surface area (Å²) in [5, 5.41) is 10.3. The molecule has 0 aromatic heterocycles. The Morgan fingerprint density at radius 1 is 1.09 bits per heavy atom. The molecule has 0 bridgehead atoms. The Morgan fingerprint density at radius 2 is 1.70 bits per heavy atom. The molecular weight excluding hydrogens is 306 g/mol. The summed E-state index contributed by atoms with van der Waals surface area (Å²) in [4.78, 5) is 39.2. The van der Waals surface area contributed by atoms with Crippen molar-refractivity contribution in [2.45, 2.75) is 6.54 Å². The maximum absolute atomic E-state index is 11.9. The summed E-state index contributed by atoms with van der Waals surface area (Å²) in [5.74, 6) is -3.08. The van der Waals surface area contributed by atoms with Crippen molar-refractivity contribution in [3.8, 4) is 0 Å². The molecule has 1 aromatic carbocycles. The van der Waals surface area contributed by atoms with Crippen LogP contribution >= 0.6 is 0 Å². The predicted molar refractivity (Wildman–Crippen MR) is 78.1 cm³/mol. The fourth-order valence-corrected chi connectivity index (χ4v) is 1.61. The first-order valence-electron chi connectivity index (χ1n) is 6.44. The van der Waals surface area contributed by atoms with Crippen molar-refractivity contribution in [2.75, 3.05) is 21.3 Å². The second-order valence-corrected chi connectivity index (χ2v) is 4.27. The van der Waals surface area contributed by atoms with E-state index in [9.17, 15) is 19.5 Å². The number of rotatable bonds is 6. The molecule has 1 aromatic rings. The van der Waals surface area contributed by atoms with Gasteiger partial charge >= 0.3 is 11.9 Å². The number of methoxy groups -OCH3 is 2. The molecule has 8 heteroatoms. The lowest BCUT2D eigenvalue weighted by Gasteiger charge is -2.18. The first-order chi connectivity index (χ1) is 10.9. The van der Waals surface area contributed by atoms with Crippen LogP contribution in [-0.4, -0.2) is 49.3 Å². The van der Waals surface area contributed by atoms with Crippen molar-refractivity contribution in [1.82, 2.24) is 5.06 Å². The molecule has 0 spiro atoms. The summed E-state index contributed by atoms with van der Waals surface area (Å²) in [6, 6.07) is 6.33. The van der Waals surface area contributed by atoms with E-state index in [-0.39, 0.29) is 6.54 Å². The van der Waals surface area contributed by atoms with E-state index in [4.69, 9.17) is 4.84 Å². The number of benzene rings is 1. The summed E-state index contributed by atoms with van der Waals surface area (Å²) in [6.45, 7) is 0.0434. The second-order valence-electron chi connectivity index (χ2n) is 4.27. The molecule has 23 heavy (non-hydrogen) atoms. The largest absolute Gasteiger partial charge is 0.502 e. The molecule has 1 amide bonds. The van der Waals surface area contributed by atoms with Gasteiger partial charge in [0.2, 0.25) is 5.76 Å². The van der Waals surface area contributed by atoms with Crippen LogP contribution in [0.25, 0.3) is 0 Å². The minimum atomic E-state index is -1.03. The van der Waals surface area contributed by atoms with Gasteiger partial charge in [-0.1, -0.05) is 12.1 Å². The molecular formula is C15H17NO7. The third-order valence-corrected chi connectivity index (χ3v) is 2.82. The van der Waals surface area contributed by atoms with E-state index in [2.05, 4.69) is 9.47 Å². The predicted octanol–water partition coefficient (Wildman–Crippen LogP) is 0.978. The molecule has 0 atom stereocenters. The van der Waals surface area contributed by atoms with E-state index >= 15 is 0 Å². The third kappa shape index (κ3) is 5.11. The normalized spacial score (nSPS) is 10.8. The van der Waals surface area contributed by atoms with Gasteiger partial charge in [0.1, 0.15) is 0 Å². The monoisotopic (exact) mass is 323 g/mol. The van der Waals surface area contributed by atoms with Gasteiger partial charge in [-0.05, 0) is 17.7 Å². The SMILES string of the molecule is COC(=O)/C(O)=C\C(=O)N(Cc1ccc(C(=O)OC)cc1)OC. The Bertz CT molecular complexity index is 607. The summed E-state index contributed by atoms with van der Waals surface area (Å²) in [7, 11) is 3.62. The van der Waals surface area contributed by atoms with Gasteiger partial charge in [-0.15, -0.1) is 0 Å². The molecule has 0 saturated heterocycles. The summed E-state index contributed by atoms with van der Waals surface area (Å²) >= 11 is 0. The topological polar surface area (TPSA) is 102 Å². The van der Waals surface area contributed by atoms with E-state index < -0.39 is 23.6 Å². The molecule has 0 saturated carbocycles. The number of carbonyl (C=O) groups is 3. The van der Waals surface area contributed by atoms with Gasteiger partial charge in [0, 0.05) is 0 Å². The van der Waals surface area contributed by atoms with E-state index in [1.54, 1.807) is 24.3 Å². The van der Waals surface area contributed by atoms with Gasteiger partial charge in [-0.2, -0.15) is 0 Å². The van der Waals surface area contributed by atoms with Crippen LogP contribution in [0.4, 0.5) is 0 Å². The fourth-order valence-electron chi connectivity index (χ4n) is 1.61. The van der Waals surface area contributed by atoms with Gasteiger partial charge < -0.3 is 14.6 Å². The maximum Gasteiger partial charge on any atom is 0.373 e. The van der Waals surface area contributed by atoms with Crippen LogP contribution in [0.3, 0.4) is 0 Å². The maximum atomic E-state index is 11.9. The highest BCUT2D eigenvalue weighted by Crippen LogP contribution is 2.10.